The molecule has 1 nitrogen and oxygen atoms in total. The van der Waals surface area contributed by atoms with Gasteiger partial charge < -0.3 is 0 Å². The molecule has 0 saturated heterocycles. The molecule has 0 aliphatic rings. The Kier molecular flexibility index (Phi) is 6.96. The summed E-state index contributed by atoms with van der Waals surface area (Å²) in [6.07, 6.45) is -11.6. The first-order valence-corrected chi connectivity index (χ1v) is 5.75. The predicted octanol–water partition coefficient (Wildman–Crippen LogP) is 3.62. The second-order valence-electron chi connectivity index (χ2n) is 3.36. The van der Waals surface area contributed by atoms with E-state index in [1.165, 1.54) is 6.92 Å². The van der Waals surface area contributed by atoms with E-state index in [0.29, 0.717) is 0 Å². The van der Waals surface area contributed by atoms with Gasteiger partial charge in [-0.15, -0.1) is 0 Å². The van der Waals surface area contributed by atoms with E-state index in [9.17, 15) is 31.1 Å². The average Bonchev–Trinajstić information content (AvgIpc) is 2.22. The molecule has 0 aromatic rings. The molecule has 0 heterocycles. The molecule has 0 aromatic carbocycles. The van der Waals surface area contributed by atoms with Gasteiger partial charge >= 0.3 is 5.92 Å². The van der Waals surface area contributed by atoms with Crippen LogP contribution in [0.4, 0.5) is 26.3 Å². The van der Waals surface area contributed by atoms with Crippen LogP contribution >= 0.6 is 11.8 Å². The Morgan fingerprint density at radius 3 is 2.18 bits per heavy atom. The SMILES string of the molecule is CC(=O)SCCCC(F)C(F)(F)C(F)C(F)F. The Labute approximate surface area is 98.9 Å². The summed E-state index contributed by atoms with van der Waals surface area (Å²) in [7, 11) is 0. The fraction of sp³-hybridized carbons (Fsp3) is 0.889. The molecule has 0 rings (SSSR count). The summed E-state index contributed by atoms with van der Waals surface area (Å²) in [6, 6.07) is 0. The molecule has 2 unspecified atom stereocenters. The van der Waals surface area contributed by atoms with Crippen molar-refractivity contribution in [2.45, 2.75) is 44.5 Å². The first-order chi connectivity index (χ1) is 7.69. The topological polar surface area (TPSA) is 17.1 Å². The Morgan fingerprint density at radius 1 is 1.24 bits per heavy atom. The summed E-state index contributed by atoms with van der Waals surface area (Å²) in [5.41, 5.74) is 0. The van der Waals surface area contributed by atoms with Gasteiger partial charge in [-0.05, 0) is 12.8 Å². The molecule has 0 fully saturated rings. The third-order valence-corrected chi connectivity index (χ3v) is 2.81. The lowest BCUT2D eigenvalue weighted by atomic mass is 10.1. The summed E-state index contributed by atoms with van der Waals surface area (Å²) < 4.78 is 74.2. The van der Waals surface area contributed by atoms with Crippen LogP contribution in [-0.4, -0.2) is 35.6 Å². The third kappa shape index (κ3) is 5.65. The van der Waals surface area contributed by atoms with Gasteiger partial charge in [0, 0.05) is 12.7 Å². The fourth-order valence-electron chi connectivity index (χ4n) is 1.01. The van der Waals surface area contributed by atoms with Crippen molar-refractivity contribution in [3.05, 3.63) is 0 Å². The summed E-state index contributed by atoms with van der Waals surface area (Å²) in [5, 5.41) is -0.261. The number of rotatable bonds is 7. The lowest BCUT2D eigenvalue weighted by Gasteiger charge is -2.23. The largest absolute Gasteiger partial charge is 0.314 e. The van der Waals surface area contributed by atoms with Gasteiger partial charge in [0.25, 0.3) is 6.43 Å². The number of halogens is 6. The third-order valence-electron chi connectivity index (χ3n) is 1.91. The van der Waals surface area contributed by atoms with Gasteiger partial charge in [-0.2, -0.15) is 8.78 Å². The zero-order valence-corrected chi connectivity index (χ0v) is 9.75. The van der Waals surface area contributed by atoms with Crippen LogP contribution in [0.25, 0.3) is 0 Å². The first-order valence-electron chi connectivity index (χ1n) is 4.77. The number of alkyl halides is 6. The van der Waals surface area contributed by atoms with Crippen molar-refractivity contribution in [1.29, 1.82) is 0 Å². The highest BCUT2D eigenvalue weighted by atomic mass is 32.2. The maximum Gasteiger partial charge on any atom is 0.314 e. The number of carbonyl (C=O) groups excluding carboxylic acids is 1. The lowest BCUT2D eigenvalue weighted by molar-refractivity contribution is -0.167. The van der Waals surface area contributed by atoms with Gasteiger partial charge in [0.1, 0.15) is 0 Å². The van der Waals surface area contributed by atoms with E-state index in [1.54, 1.807) is 0 Å². The van der Waals surface area contributed by atoms with Crippen molar-refractivity contribution >= 4 is 16.9 Å². The molecule has 0 aliphatic heterocycles. The maximum absolute atomic E-state index is 12.9. The normalized spacial score (nSPS) is 16.0. The molecular weight excluding hydrogens is 270 g/mol. The first kappa shape index (κ1) is 16.6. The molecule has 0 aromatic heterocycles. The zero-order chi connectivity index (χ0) is 13.6. The minimum Gasteiger partial charge on any atom is -0.288 e. The van der Waals surface area contributed by atoms with Crippen molar-refractivity contribution in [3.63, 3.8) is 0 Å². The van der Waals surface area contributed by atoms with Crippen LogP contribution in [0, 0.1) is 0 Å². The summed E-state index contributed by atoms with van der Waals surface area (Å²) >= 11 is 0.806. The Balaban J connectivity index is 4.11. The zero-order valence-electron chi connectivity index (χ0n) is 8.94. The molecule has 0 N–H and O–H groups in total. The van der Waals surface area contributed by atoms with Gasteiger partial charge in [0.05, 0.1) is 0 Å². The van der Waals surface area contributed by atoms with E-state index in [4.69, 9.17) is 0 Å². The van der Waals surface area contributed by atoms with E-state index in [-0.39, 0.29) is 17.3 Å². The van der Waals surface area contributed by atoms with Crippen molar-refractivity contribution in [2.75, 3.05) is 5.75 Å². The quantitative estimate of drug-likeness (QED) is 0.524. The van der Waals surface area contributed by atoms with Crippen LogP contribution in [0.1, 0.15) is 19.8 Å². The monoisotopic (exact) mass is 282 g/mol. The molecule has 8 heteroatoms. The van der Waals surface area contributed by atoms with Crippen LogP contribution < -0.4 is 0 Å². The molecule has 0 bridgehead atoms. The highest BCUT2D eigenvalue weighted by Crippen LogP contribution is 2.34. The lowest BCUT2D eigenvalue weighted by Crippen LogP contribution is -2.43. The molecule has 0 saturated carbocycles. The molecule has 0 aliphatic carbocycles. The maximum atomic E-state index is 12.9. The average molecular weight is 282 g/mol. The van der Waals surface area contributed by atoms with Crippen LogP contribution in [0.2, 0.25) is 0 Å². The van der Waals surface area contributed by atoms with E-state index in [1.807, 2.05) is 0 Å². The van der Waals surface area contributed by atoms with Crippen LogP contribution in [0.15, 0.2) is 0 Å². The molecular formula is C9H12F6OS. The second kappa shape index (κ2) is 7.13. The van der Waals surface area contributed by atoms with Crippen LogP contribution in [0.5, 0.6) is 0 Å². The van der Waals surface area contributed by atoms with Gasteiger partial charge in [-0.3, -0.25) is 4.79 Å². The number of hydrogen-bond acceptors (Lipinski definition) is 2. The van der Waals surface area contributed by atoms with E-state index in [2.05, 4.69) is 0 Å². The van der Waals surface area contributed by atoms with E-state index < -0.39 is 31.1 Å². The van der Waals surface area contributed by atoms with E-state index >= 15 is 0 Å². The van der Waals surface area contributed by atoms with Gasteiger partial charge in [-0.1, -0.05) is 11.8 Å². The second-order valence-corrected chi connectivity index (χ2v) is 4.63. The molecule has 0 amide bonds. The van der Waals surface area contributed by atoms with Crippen molar-refractivity contribution in [1.82, 2.24) is 0 Å². The Bertz CT molecular complexity index is 248. The molecule has 17 heavy (non-hydrogen) atoms. The van der Waals surface area contributed by atoms with Gasteiger partial charge in [0.15, 0.2) is 11.3 Å². The Hall–Kier alpha value is -0.400. The number of thioether (sulfide) groups is 1. The number of carbonyl (C=O) groups is 1. The van der Waals surface area contributed by atoms with Crippen molar-refractivity contribution in [3.8, 4) is 0 Å². The molecule has 0 radical (unpaired) electrons. The number of hydrogen-bond donors (Lipinski definition) is 0. The molecule has 0 spiro atoms. The summed E-state index contributed by atoms with van der Waals surface area (Å²) in [5.74, 6) is -4.60. The van der Waals surface area contributed by atoms with Gasteiger partial charge in [0.2, 0.25) is 6.17 Å². The minimum atomic E-state index is -4.70. The van der Waals surface area contributed by atoms with Crippen LogP contribution in [0.3, 0.4) is 0 Å². The fourth-order valence-corrected chi connectivity index (χ4v) is 1.61. The Morgan fingerprint density at radius 2 is 1.76 bits per heavy atom. The predicted molar refractivity (Wildman–Crippen MR) is 53.1 cm³/mol. The van der Waals surface area contributed by atoms with Gasteiger partial charge in [-0.25, -0.2) is 17.6 Å². The van der Waals surface area contributed by atoms with Crippen LogP contribution in [-0.2, 0) is 4.79 Å². The highest BCUT2D eigenvalue weighted by Gasteiger charge is 2.52. The standard InChI is InChI=1S/C9H12F6OS/c1-5(16)17-4-2-3-6(10)9(14,15)7(11)8(12)13/h6-8H,2-4H2,1H3. The summed E-state index contributed by atoms with van der Waals surface area (Å²) in [4.78, 5) is 10.4. The summed E-state index contributed by atoms with van der Waals surface area (Å²) in [6.45, 7) is 1.25. The van der Waals surface area contributed by atoms with Crippen molar-refractivity contribution < 1.29 is 31.1 Å². The minimum absolute atomic E-state index is 0.0947. The van der Waals surface area contributed by atoms with Crippen molar-refractivity contribution in [2.24, 2.45) is 0 Å². The highest BCUT2D eigenvalue weighted by molar-refractivity contribution is 8.13. The molecule has 2 atom stereocenters. The smallest absolute Gasteiger partial charge is 0.288 e. The molecule has 102 valence electrons. The van der Waals surface area contributed by atoms with E-state index in [0.717, 1.165) is 11.8 Å².